The summed E-state index contributed by atoms with van der Waals surface area (Å²) in [7, 11) is -2.51. The van der Waals surface area contributed by atoms with Gasteiger partial charge in [0.15, 0.2) is 0 Å². The molecule has 32 heavy (non-hydrogen) atoms. The third-order valence-corrected chi connectivity index (χ3v) is 12.5. The van der Waals surface area contributed by atoms with Gasteiger partial charge in [0.05, 0.1) is 13.0 Å². The van der Waals surface area contributed by atoms with Crippen molar-refractivity contribution in [2.45, 2.75) is 64.1 Å². The third kappa shape index (κ3) is 4.30. The second kappa shape index (κ2) is 9.12. The van der Waals surface area contributed by atoms with Gasteiger partial charge in [0.1, 0.15) is 0 Å². The van der Waals surface area contributed by atoms with Gasteiger partial charge < -0.3 is 14.9 Å². The van der Waals surface area contributed by atoms with Crippen LogP contribution in [0.1, 0.15) is 47.0 Å². The Morgan fingerprint density at radius 1 is 1.00 bits per heavy atom. The monoisotopic (exact) mass is 451 g/mol. The van der Waals surface area contributed by atoms with Crippen molar-refractivity contribution >= 4 is 24.7 Å². The van der Waals surface area contributed by atoms with E-state index in [-0.39, 0.29) is 23.2 Å². The first-order chi connectivity index (χ1) is 15.3. The number of esters is 1. The van der Waals surface area contributed by atoms with E-state index in [1.807, 2.05) is 6.92 Å². The molecule has 0 amide bonds. The van der Waals surface area contributed by atoms with Crippen LogP contribution in [0.4, 0.5) is 0 Å². The van der Waals surface area contributed by atoms with Crippen LogP contribution in [0.2, 0.25) is 5.04 Å². The van der Waals surface area contributed by atoms with Crippen LogP contribution in [-0.2, 0) is 14.0 Å². The average molecular weight is 452 g/mol. The molecule has 2 aliphatic carbocycles. The number of benzene rings is 2. The van der Waals surface area contributed by atoms with Crippen LogP contribution in [0, 0.1) is 17.8 Å². The Kier molecular flexibility index (Phi) is 6.62. The maximum Gasteiger partial charge on any atom is 0.307 e. The average Bonchev–Trinajstić information content (AvgIpc) is 3.28. The summed E-state index contributed by atoms with van der Waals surface area (Å²) in [5.74, 6) is 1.40. The molecule has 2 aromatic rings. The molecule has 2 aliphatic rings. The molecule has 0 radical (unpaired) electrons. The fraction of sp³-hybridized carbons (Fsp3) is 0.519. The molecule has 2 aromatic carbocycles. The zero-order chi connectivity index (χ0) is 22.9. The summed E-state index contributed by atoms with van der Waals surface area (Å²) in [5, 5.41) is 2.65. The molecule has 4 rings (SSSR count). The predicted molar refractivity (Wildman–Crippen MR) is 131 cm³/mol. The maximum absolute atomic E-state index is 11.9. The van der Waals surface area contributed by atoms with E-state index in [4.69, 9.17) is 14.9 Å². The summed E-state index contributed by atoms with van der Waals surface area (Å²) in [6, 6.07) is 21.6. The molecule has 2 fully saturated rings. The van der Waals surface area contributed by atoms with E-state index in [0.29, 0.717) is 30.8 Å². The standard InChI is InChI=1S/C27H37NO3Si/c1-5-30-25(29)18-24(28)26-22-16-19(17-23(22)26)31-32(27(2,3)4,20-12-8-6-9-13-20)21-14-10-7-11-15-21/h6-15,19,22-24,26H,5,16-18,28H2,1-4H3/t19?,22-,23+,24?,26+. The van der Waals surface area contributed by atoms with Gasteiger partial charge in [-0.2, -0.15) is 0 Å². The van der Waals surface area contributed by atoms with Gasteiger partial charge in [0, 0.05) is 12.1 Å². The van der Waals surface area contributed by atoms with Crippen LogP contribution < -0.4 is 16.1 Å². The van der Waals surface area contributed by atoms with Crippen molar-refractivity contribution in [1.82, 2.24) is 0 Å². The summed E-state index contributed by atoms with van der Waals surface area (Å²) in [6.07, 6.45) is 2.64. The molecular formula is C27H37NO3Si. The number of carbonyl (C=O) groups is 1. The number of fused-ring (bicyclic) bond motifs is 1. The molecule has 0 saturated heterocycles. The Morgan fingerprint density at radius 2 is 1.50 bits per heavy atom. The lowest BCUT2D eigenvalue weighted by atomic mass is 10.0. The van der Waals surface area contributed by atoms with E-state index in [1.165, 1.54) is 10.4 Å². The van der Waals surface area contributed by atoms with Crippen molar-refractivity contribution < 1.29 is 14.0 Å². The maximum atomic E-state index is 11.9. The summed E-state index contributed by atoms with van der Waals surface area (Å²) in [4.78, 5) is 11.9. The van der Waals surface area contributed by atoms with Gasteiger partial charge in [-0.15, -0.1) is 0 Å². The molecule has 0 aromatic heterocycles. The molecule has 2 saturated carbocycles. The second-order valence-corrected chi connectivity index (χ2v) is 14.7. The van der Waals surface area contributed by atoms with Crippen LogP contribution >= 0.6 is 0 Å². The highest BCUT2D eigenvalue weighted by atomic mass is 28.4. The molecule has 172 valence electrons. The largest absolute Gasteiger partial charge is 0.466 e. The van der Waals surface area contributed by atoms with Gasteiger partial charge in [0.25, 0.3) is 8.32 Å². The number of hydrogen-bond donors (Lipinski definition) is 1. The van der Waals surface area contributed by atoms with Crippen LogP contribution in [0.15, 0.2) is 60.7 Å². The lowest BCUT2D eigenvalue weighted by molar-refractivity contribution is -0.143. The lowest BCUT2D eigenvalue weighted by Gasteiger charge is -2.45. The zero-order valence-corrected chi connectivity index (χ0v) is 20.8. The van der Waals surface area contributed by atoms with E-state index < -0.39 is 8.32 Å². The first kappa shape index (κ1) is 23.2. The van der Waals surface area contributed by atoms with Crippen molar-refractivity contribution in [2.24, 2.45) is 23.5 Å². The van der Waals surface area contributed by atoms with E-state index in [1.54, 1.807) is 0 Å². The Morgan fingerprint density at radius 3 is 1.94 bits per heavy atom. The number of hydrogen-bond acceptors (Lipinski definition) is 4. The molecule has 2 N–H and O–H groups in total. The van der Waals surface area contributed by atoms with Crippen molar-refractivity contribution in [2.75, 3.05) is 6.61 Å². The van der Waals surface area contributed by atoms with Gasteiger partial charge >= 0.3 is 5.97 Å². The lowest BCUT2D eigenvalue weighted by Crippen LogP contribution is -2.67. The Bertz CT molecular complexity index is 860. The van der Waals surface area contributed by atoms with Gasteiger partial charge in [-0.25, -0.2) is 0 Å². The molecule has 5 atom stereocenters. The van der Waals surface area contributed by atoms with Crippen molar-refractivity contribution in [1.29, 1.82) is 0 Å². The number of nitrogens with two attached hydrogens (primary N) is 1. The van der Waals surface area contributed by atoms with Crippen molar-refractivity contribution in [3.63, 3.8) is 0 Å². The Labute approximate surface area is 193 Å². The summed E-state index contributed by atoms with van der Waals surface area (Å²) in [6.45, 7) is 9.23. The number of ether oxygens (including phenoxy) is 1. The normalized spacial score (nSPS) is 25.8. The molecular weight excluding hydrogens is 414 g/mol. The Balaban J connectivity index is 1.54. The number of carbonyl (C=O) groups excluding carboxylic acids is 1. The van der Waals surface area contributed by atoms with E-state index in [9.17, 15) is 4.79 Å². The summed E-state index contributed by atoms with van der Waals surface area (Å²) < 4.78 is 12.4. The third-order valence-electron chi connectivity index (χ3n) is 7.43. The fourth-order valence-corrected chi connectivity index (χ4v) is 10.8. The molecule has 5 heteroatoms. The molecule has 4 nitrogen and oxygen atoms in total. The topological polar surface area (TPSA) is 61.5 Å². The van der Waals surface area contributed by atoms with Crippen LogP contribution in [0.25, 0.3) is 0 Å². The quantitative estimate of drug-likeness (QED) is 0.489. The van der Waals surface area contributed by atoms with Gasteiger partial charge in [0.2, 0.25) is 0 Å². The van der Waals surface area contributed by atoms with Crippen LogP contribution in [0.3, 0.4) is 0 Å². The van der Waals surface area contributed by atoms with Crippen molar-refractivity contribution in [3.8, 4) is 0 Å². The van der Waals surface area contributed by atoms with Crippen LogP contribution in [-0.4, -0.2) is 33.0 Å². The van der Waals surface area contributed by atoms with E-state index >= 15 is 0 Å². The second-order valence-electron chi connectivity index (χ2n) is 10.5. The molecule has 0 aliphatic heterocycles. The van der Waals surface area contributed by atoms with Crippen LogP contribution in [0.5, 0.6) is 0 Å². The highest BCUT2D eigenvalue weighted by Crippen LogP contribution is 2.60. The molecule has 0 bridgehead atoms. The summed E-state index contributed by atoms with van der Waals surface area (Å²) in [5.41, 5.74) is 6.39. The van der Waals surface area contributed by atoms with Crippen molar-refractivity contribution in [3.05, 3.63) is 60.7 Å². The van der Waals surface area contributed by atoms with Gasteiger partial charge in [-0.1, -0.05) is 81.4 Å². The highest BCUT2D eigenvalue weighted by molar-refractivity contribution is 6.99. The molecule has 0 spiro atoms. The highest BCUT2D eigenvalue weighted by Gasteiger charge is 2.61. The predicted octanol–water partition coefficient (Wildman–Crippen LogP) is 3.87. The van der Waals surface area contributed by atoms with E-state index in [0.717, 1.165) is 12.8 Å². The fourth-order valence-electron chi connectivity index (χ4n) is 6.06. The minimum Gasteiger partial charge on any atom is -0.466 e. The van der Waals surface area contributed by atoms with E-state index in [2.05, 4.69) is 81.4 Å². The smallest absolute Gasteiger partial charge is 0.307 e. The minimum atomic E-state index is -2.51. The zero-order valence-electron chi connectivity index (χ0n) is 19.8. The first-order valence-electron chi connectivity index (χ1n) is 12.0. The van der Waals surface area contributed by atoms with Gasteiger partial charge in [-0.05, 0) is 52.9 Å². The minimum absolute atomic E-state index is 0.0117. The molecule has 2 unspecified atom stereocenters. The number of rotatable bonds is 8. The van der Waals surface area contributed by atoms with Gasteiger partial charge in [-0.3, -0.25) is 4.79 Å². The molecule has 0 heterocycles. The Hall–Kier alpha value is -1.95. The SMILES string of the molecule is CCOC(=O)CC(N)[C@H]1[C@@H]2CC(O[Si](c3ccccc3)(c3ccccc3)C(C)(C)C)C[C@@H]21. The first-order valence-corrected chi connectivity index (χ1v) is 13.9. The summed E-state index contributed by atoms with van der Waals surface area (Å²) >= 11 is 0.